The summed E-state index contributed by atoms with van der Waals surface area (Å²) in [4.78, 5) is 12.5. The third kappa shape index (κ3) is 3.29. The molecule has 5 heteroatoms. The number of halogens is 1. The van der Waals surface area contributed by atoms with E-state index in [-0.39, 0.29) is 5.91 Å². The van der Waals surface area contributed by atoms with Crippen LogP contribution in [0, 0.1) is 6.92 Å². The molecular formula is C19H17ClN2O2. The van der Waals surface area contributed by atoms with Crippen molar-refractivity contribution in [3.05, 3.63) is 77.1 Å². The standard InChI is InChI=1S/C19H17ClN2O2/c1-13-5-6-14(11-17(13)22-9-3-4-10-22)19(23)21-15-7-8-18(24-2)16(20)12-15/h3-12H,1-2H3,(H,21,23). The molecule has 0 saturated heterocycles. The van der Waals surface area contributed by atoms with Gasteiger partial charge in [0.25, 0.3) is 5.91 Å². The first-order valence-electron chi connectivity index (χ1n) is 7.47. The number of nitrogens with zero attached hydrogens (tertiary/aromatic N) is 1. The molecule has 0 radical (unpaired) electrons. The normalized spacial score (nSPS) is 10.5. The number of anilines is 1. The van der Waals surface area contributed by atoms with Crippen LogP contribution in [0.3, 0.4) is 0 Å². The molecule has 0 aliphatic carbocycles. The van der Waals surface area contributed by atoms with E-state index in [1.807, 2.05) is 54.2 Å². The lowest BCUT2D eigenvalue weighted by atomic mass is 10.1. The molecule has 0 fully saturated rings. The fraction of sp³-hybridized carbons (Fsp3) is 0.105. The molecule has 0 aliphatic rings. The van der Waals surface area contributed by atoms with E-state index in [9.17, 15) is 4.79 Å². The molecule has 4 nitrogen and oxygen atoms in total. The number of ether oxygens (including phenoxy) is 1. The van der Waals surface area contributed by atoms with E-state index in [0.29, 0.717) is 22.0 Å². The third-order valence-electron chi connectivity index (χ3n) is 3.76. The minimum Gasteiger partial charge on any atom is -0.495 e. The van der Waals surface area contributed by atoms with Gasteiger partial charge in [-0.1, -0.05) is 17.7 Å². The van der Waals surface area contributed by atoms with Crippen LogP contribution in [0.25, 0.3) is 5.69 Å². The quantitative estimate of drug-likeness (QED) is 0.748. The van der Waals surface area contributed by atoms with E-state index in [4.69, 9.17) is 16.3 Å². The maximum Gasteiger partial charge on any atom is 0.255 e. The topological polar surface area (TPSA) is 43.3 Å². The zero-order chi connectivity index (χ0) is 17.1. The van der Waals surface area contributed by atoms with Crippen molar-refractivity contribution in [3.63, 3.8) is 0 Å². The molecule has 0 unspecified atom stereocenters. The molecule has 1 heterocycles. The Kier molecular flexibility index (Phi) is 4.58. The molecule has 0 spiro atoms. The van der Waals surface area contributed by atoms with Crippen LogP contribution in [-0.2, 0) is 0 Å². The van der Waals surface area contributed by atoms with Gasteiger partial charge in [0.05, 0.1) is 12.1 Å². The molecule has 24 heavy (non-hydrogen) atoms. The Hall–Kier alpha value is -2.72. The van der Waals surface area contributed by atoms with E-state index < -0.39 is 0 Å². The Bertz CT molecular complexity index is 873. The maximum atomic E-state index is 12.5. The Morgan fingerprint density at radius 1 is 1.12 bits per heavy atom. The monoisotopic (exact) mass is 340 g/mol. The first kappa shape index (κ1) is 16.1. The van der Waals surface area contributed by atoms with Gasteiger partial charge >= 0.3 is 0 Å². The largest absolute Gasteiger partial charge is 0.495 e. The molecule has 1 N–H and O–H groups in total. The molecule has 1 amide bonds. The molecule has 2 aromatic carbocycles. The van der Waals surface area contributed by atoms with Gasteiger partial charge in [-0.2, -0.15) is 0 Å². The first-order chi connectivity index (χ1) is 11.6. The second-order valence-corrected chi connectivity index (χ2v) is 5.80. The van der Waals surface area contributed by atoms with Gasteiger partial charge in [-0.15, -0.1) is 0 Å². The second-order valence-electron chi connectivity index (χ2n) is 5.40. The summed E-state index contributed by atoms with van der Waals surface area (Å²) in [6.07, 6.45) is 3.90. The molecular weight excluding hydrogens is 324 g/mol. The van der Waals surface area contributed by atoms with Crippen molar-refractivity contribution in [2.75, 3.05) is 12.4 Å². The van der Waals surface area contributed by atoms with Gasteiger partial charge in [0.15, 0.2) is 0 Å². The van der Waals surface area contributed by atoms with Gasteiger partial charge in [0, 0.05) is 29.3 Å². The van der Waals surface area contributed by atoms with Crippen LogP contribution in [0.1, 0.15) is 15.9 Å². The van der Waals surface area contributed by atoms with E-state index in [0.717, 1.165) is 11.3 Å². The van der Waals surface area contributed by atoms with Gasteiger partial charge in [0.1, 0.15) is 5.75 Å². The summed E-state index contributed by atoms with van der Waals surface area (Å²) in [6, 6.07) is 14.7. The van der Waals surface area contributed by atoms with Gasteiger partial charge in [-0.3, -0.25) is 4.79 Å². The summed E-state index contributed by atoms with van der Waals surface area (Å²) in [5, 5.41) is 3.31. The number of aryl methyl sites for hydroxylation is 1. The molecule has 0 saturated carbocycles. The van der Waals surface area contributed by atoms with Crippen molar-refractivity contribution in [3.8, 4) is 11.4 Å². The molecule has 122 valence electrons. The van der Waals surface area contributed by atoms with Crippen LogP contribution in [0.15, 0.2) is 60.9 Å². The molecule has 1 aromatic heterocycles. The van der Waals surface area contributed by atoms with Crippen LogP contribution >= 0.6 is 11.6 Å². The first-order valence-corrected chi connectivity index (χ1v) is 7.85. The number of benzene rings is 2. The van der Waals surface area contributed by atoms with Crippen molar-refractivity contribution in [1.29, 1.82) is 0 Å². The molecule has 0 aliphatic heterocycles. The lowest BCUT2D eigenvalue weighted by Crippen LogP contribution is -2.12. The number of nitrogens with one attached hydrogen (secondary N) is 1. The van der Waals surface area contributed by atoms with Gasteiger partial charge < -0.3 is 14.6 Å². The summed E-state index contributed by atoms with van der Waals surface area (Å²) in [7, 11) is 1.55. The predicted octanol–water partition coefficient (Wildman–Crippen LogP) is 4.70. The summed E-state index contributed by atoms with van der Waals surface area (Å²) >= 11 is 6.09. The van der Waals surface area contributed by atoms with Gasteiger partial charge in [-0.05, 0) is 55.0 Å². The number of hydrogen-bond acceptors (Lipinski definition) is 2. The second kappa shape index (κ2) is 6.81. The highest BCUT2D eigenvalue weighted by Gasteiger charge is 2.10. The number of carbonyl (C=O) groups excluding carboxylic acids is 1. The van der Waals surface area contributed by atoms with E-state index >= 15 is 0 Å². The maximum absolute atomic E-state index is 12.5. The summed E-state index contributed by atoms with van der Waals surface area (Å²) in [6.45, 7) is 2.01. The average Bonchev–Trinajstić information content (AvgIpc) is 3.09. The average molecular weight is 341 g/mol. The van der Waals surface area contributed by atoms with Crippen LogP contribution in [0.2, 0.25) is 5.02 Å². The molecule has 3 rings (SSSR count). The molecule has 0 atom stereocenters. The van der Waals surface area contributed by atoms with E-state index in [2.05, 4.69) is 5.32 Å². The molecule has 3 aromatic rings. The Balaban J connectivity index is 1.85. The van der Waals surface area contributed by atoms with Crippen LogP contribution in [0.5, 0.6) is 5.75 Å². The van der Waals surface area contributed by atoms with Gasteiger partial charge in [0.2, 0.25) is 0 Å². The number of carbonyl (C=O) groups is 1. The van der Waals surface area contributed by atoms with E-state index in [1.54, 1.807) is 25.3 Å². The van der Waals surface area contributed by atoms with Crippen LogP contribution in [-0.4, -0.2) is 17.6 Å². The summed E-state index contributed by atoms with van der Waals surface area (Å²) in [5.41, 5.74) is 3.26. The lowest BCUT2D eigenvalue weighted by Gasteiger charge is -2.11. The Morgan fingerprint density at radius 2 is 1.88 bits per heavy atom. The highest BCUT2D eigenvalue weighted by atomic mass is 35.5. The summed E-state index contributed by atoms with van der Waals surface area (Å²) in [5.74, 6) is 0.379. The smallest absolute Gasteiger partial charge is 0.255 e. The van der Waals surface area contributed by atoms with Crippen molar-refractivity contribution in [2.45, 2.75) is 6.92 Å². The highest BCUT2D eigenvalue weighted by molar-refractivity contribution is 6.32. The number of rotatable bonds is 4. The van der Waals surface area contributed by atoms with Crippen molar-refractivity contribution in [1.82, 2.24) is 4.57 Å². The van der Waals surface area contributed by atoms with Crippen molar-refractivity contribution in [2.24, 2.45) is 0 Å². The molecule has 0 bridgehead atoms. The lowest BCUT2D eigenvalue weighted by molar-refractivity contribution is 0.102. The Morgan fingerprint density at radius 3 is 2.54 bits per heavy atom. The zero-order valence-corrected chi connectivity index (χ0v) is 14.2. The fourth-order valence-corrected chi connectivity index (χ4v) is 2.73. The van der Waals surface area contributed by atoms with Crippen molar-refractivity contribution >= 4 is 23.2 Å². The summed E-state index contributed by atoms with van der Waals surface area (Å²) < 4.78 is 7.09. The Labute approximate surface area is 145 Å². The highest BCUT2D eigenvalue weighted by Crippen LogP contribution is 2.27. The van der Waals surface area contributed by atoms with Crippen LogP contribution < -0.4 is 10.1 Å². The van der Waals surface area contributed by atoms with Crippen LogP contribution in [0.4, 0.5) is 5.69 Å². The van der Waals surface area contributed by atoms with E-state index in [1.165, 1.54) is 0 Å². The van der Waals surface area contributed by atoms with Crippen molar-refractivity contribution < 1.29 is 9.53 Å². The minimum atomic E-state index is -0.190. The van der Waals surface area contributed by atoms with Gasteiger partial charge in [-0.25, -0.2) is 0 Å². The predicted molar refractivity (Wildman–Crippen MR) is 96.5 cm³/mol. The number of amides is 1. The minimum absolute atomic E-state index is 0.190. The number of methoxy groups -OCH3 is 1. The zero-order valence-electron chi connectivity index (χ0n) is 13.4. The number of aromatic nitrogens is 1. The fourth-order valence-electron chi connectivity index (χ4n) is 2.47. The number of hydrogen-bond donors (Lipinski definition) is 1. The third-order valence-corrected chi connectivity index (χ3v) is 4.06. The SMILES string of the molecule is COc1ccc(NC(=O)c2ccc(C)c(-n3cccc3)c2)cc1Cl.